The average molecular weight is 332 g/mol. The summed E-state index contributed by atoms with van der Waals surface area (Å²) in [6.07, 6.45) is 2.20. The number of carbonyl (C=O) groups excluding carboxylic acids is 1. The van der Waals surface area contributed by atoms with Gasteiger partial charge in [0, 0.05) is 18.2 Å². The fraction of sp³-hybridized carbons (Fsp3) is 0.353. The molecule has 1 aliphatic heterocycles. The van der Waals surface area contributed by atoms with Gasteiger partial charge in [0.1, 0.15) is 23.9 Å². The van der Waals surface area contributed by atoms with Crippen LogP contribution in [0.25, 0.3) is 11.3 Å². The first-order chi connectivity index (χ1) is 11.5. The molecule has 24 heavy (non-hydrogen) atoms. The van der Waals surface area contributed by atoms with E-state index >= 15 is 0 Å². The number of aromatic nitrogens is 2. The Balaban J connectivity index is 1.80. The summed E-state index contributed by atoms with van der Waals surface area (Å²) >= 11 is 0. The Kier molecular flexibility index (Phi) is 4.42. The van der Waals surface area contributed by atoms with Crippen LogP contribution in [0.4, 0.5) is 14.6 Å². The second-order valence-corrected chi connectivity index (χ2v) is 5.93. The van der Waals surface area contributed by atoms with E-state index in [0.29, 0.717) is 5.56 Å². The summed E-state index contributed by atoms with van der Waals surface area (Å²) in [4.78, 5) is 21.9. The maximum atomic E-state index is 14.7. The van der Waals surface area contributed by atoms with Crippen LogP contribution in [0.5, 0.6) is 0 Å². The molecule has 1 aromatic heterocycles. The molecule has 2 heterocycles. The van der Waals surface area contributed by atoms with Gasteiger partial charge in [-0.05, 0) is 44.5 Å². The Labute approximate surface area is 138 Å². The van der Waals surface area contributed by atoms with E-state index in [1.807, 2.05) is 6.92 Å². The first-order valence-corrected chi connectivity index (χ1v) is 7.81. The lowest BCUT2D eigenvalue weighted by Gasteiger charge is -2.40. The smallest absolute Gasteiger partial charge is 0.245 e. The number of benzene rings is 1. The van der Waals surface area contributed by atoms with Gasteiger partial charge in [-0.15, -0.1) is 0 Å². The summed E-state index contributed by atoms with van der Waals surface area (Å²) in [5, 5.41) is 2.81. The fourth-order valence-corrected chi connectivity index (χ4v) is 2.64. The quantitative estimate of drug-likeness (QED) is 0.935. The van der Waals surface area contributed by atoms with E-state index in [-0.39, 0.29) is 23.5 Å². The molecule has 1 saturated heterocycles. The molecule has 0 bridgehead atoms. The molecule has 126 valence electrons. The largest absolute Gasteiger partial charge is 0.356 e. The Morgan fingerprint density at radius 1 is 1.29 bits per heavy atom. The molecule has 2 atom stereocenters. The molecule has 5 nitrogen and oxygen atoms in total. The number of anilines is 1. The zero-order valence-corrected chi connectivity index (χ0v) is 13.5. The molecule has 1 aromatic carbocycles. The second kappa shape index (κ2) is 6.51. The number of nitrogens with zero attached hydrogens (tertiary/aromatic N) is 3. The molecule has 3 rings (SSSR count). The van der Waals surface area contributed by atoms with Crippen LogP contribution in [-0.2, 0) is 4.79 Å². The third-order valence-electron chi connectivity index (χ3n) is 4.23. The lowest BCUT2D eigenvalue weighted by molar-refractivity contribution is -0.138. The minimum atomic E-state index is -0.666. The predicted octanol–water partition coefficient (Wildman–Crippen LogP) is 2.84. The van der Waals surface area contributed by atoms with Crippen molar-refractivity contribution < 1.29 is 13.6 Å². The van der Waals surface area contributed by atoms with E-state index in [2.05, 4.69) is 15.3 Å². The lowest BCUT2D eigenvalue weighted by atomic mass is 10.0. The van der Waals surface area contributed by atoms with Crippen LogP contribution < -0.4 is 5.32 Å². The molecule has 0 unspecified atom stereocenters. The molecule has 2 aromatic rings. The van der Waals surface area contributed by atoms with Crippen LogP contribution in [0.15, 0.2) is 30.6 Å². The molecule has 7 heteroatoms. The monoisotopic (exact) mass is 332 g/mol. The van der Waals surface area contributed by atoms with Crippen LogP contribution in [0.3, 0.4) is 0 Å². The Bertz CT molecular complexity index is 751. The molecule has 0 saturated carbocycles. The summed E-state index contributed by atoms with van der Waals surface area (Å²) in [7, 11) is 0. The molecule has 1 amide bonds. The Morgan fingerprint density at radius 3 is 2.58 bits per heavy atom. The van der Waals surface area contributed by atoms with Gasteiger partial charge in [-0.3, -0.25) is 4.79 Å². The maximum Gasteiger partial charge on any atom is 0.245 e. The fourth-order valence-electron chi connectivity index (χ4n) is 2.64. The maximum absolute atomic E-state index is 14.7. The van der Waals surface area contributed by atoms with E-state index in [0.717, 1.165) is 13.0 Å². The normalized spacial score (nSPS) is 18.0. The van der Waals surface area contributed by atoms with Crippen molar-refractivity contribution in [2.24, 2.45) is 0 Å². The second-order valence-electron chi connectivity index (χ2n) is 5.93. The highest BCUT2D eigenvalue weighted by molar-refractivity contribution is 5.85. The average Bonchev–Trinajstić information content (AvgIpc) is 2.56. The van der Waals surface area contributed by atoms with Crippen LogP contribution in [0.2, 0.25) is 0 Å². The van der Waals surface area contributed by atoms with Crippen molar-refractivity contribution in [3.05, 3.63) is 42.2 Å². The van der Waals surface area contributed by atoms with Crippen molar-refractivity contribution in [1.82, 2.24) is 14.9 Å². The van der Waals surface area contributed by atoms with Crippen LogP contribution in [0.1, 0.15) is 20.3 Å². The van der Waals surface area contributed by atoms with Gasteiger partial charge in [0.2, 0.25) is 5.91 Å². The third kappa shape index (κ3) is 3.06. The van der Waals surface area contributed by atoms with Gasteiger partial charge in [0.25, 0.3) is 0 Å². The molecular formula is C17H18F2N4O. The highest BCUT2D eigenvalue weighted by Crippen LogP contribution is 2.25. The number of hydrogen-bond acceptors (Lipinski definition) is 4. The van der Waals surface area contributed by atoms with Crippen LogP contribution in [-0.4, -0.2) is 39.4 Å². The van der Waals surface area contributed by atoms with E-state index in [1.54, 1.807) is 11.8 Å². The van der Waals surface area contributed by atoms with Crippen LogP contribution in [0, 0.1) is 11.6 Å². The van der Waals surface area contributed by atoms with Gasteiger partial charge in [0.15, 0.2) is 11.6 Å². The van der Waals surface area contributed by atoms with Crippen molar-refractivity contribution in [1.29, 1.82) is 0 Å². The van der Waals surface area contributed by atoms with Gasteiger partial charge < -0.3 is 10.2 Å². The summed E-state index contributed by atoms with van der Waals surface area (Å²) in [6.45, 7) is 4.37. The minimum Gasteiger partial charge on any atom is -0.356 e. The SMILES string of the molecule is C[C@@H](Nc1ncnc(-c2ccc(F)cc2)c1F)C(=O)N1CC[C@@H]1C. The molecule has 0 aliphatic carbocycles. The predicted molar refractivity (Wildman–Crippen MR) is 86.3 cm³/mol. The van der Waals surface area contributed by atoms with Crippen molar-refractivity contribution in [2.45, 2.75) is 32.4 Å². The Morgan fingerprint density at radius 2 is 2.00 bits per heavy atom. The third-order valence-corrected chi connectivity index (χ3v) is 4.23. The summed E-state index contributed by atoms with van der Waals surface area (Å²) in [5.74, 6) is -1.21. The summed E-state index contributed by atoms with van der Waals surface area (Å²) < 4.78 is 27.7. The van der Waals surface area contributed by atoms with Gasteiger partial charge in [-0.2, -0.15) is 0 Å². The summed E-state index contributed by atoms with van der Waals surface area (Å²) in [5.41, 5.74) is 0.499. The number of carbonyl (C=O) groups is 1. The molecule has 1 fully saturated rings. The number of halogens is 2. The van der Waals surface area contributed by atoms with E-state index in [4.69, 9.17) is 0 Å². The zero-order chi connectivity index (χ0) is 17.3. The first-order valence-electron chi connectivity index (χ1n) is 7.81. The molecule has 1 N–H and O–H groups in total. The van der Waals surface area contributed by atoms with Crippen molar-refractivity contribution in [3.8, 4) is 11.3 Å². The molecule has 0 radical (unpaired) electrons. The van der Waals surface area contributed by atoms with Crippen molar-refractivity contribution >= 4 is 11.7 Å². The topological polar surface area (TPSA) is 58.1 Å². The number of amides is 1. The number of hydrogen-bond donors (Lipinski definition) is 1. The van der Waals surface area contributed by atoms with Crippen molar-refractivity contribution in [2.75, 3.05) is 11.9 Å². The molecular weight excluding hydrogens is 314 g/mol. The van der Waals surface area contributed by atoms with E-state index < -0.39 is 17.7 Å². The van der Waals surface area contributed by atoms with Crippen molar-refractivity contribution in [3.63, 3.8) is 0 Å². The van der Waals surface area contributed by atoms with Gasteiger partial charge >= 0.3 is 0 Å². The van der Waals surface area contributed by atoms with Gasteiger partial charge in [0.05, 0.1) is 0 Å². The number of rotatable bonds is 4. The zero-order valence-electron chi connectivity index (χ0n) is 13.5. The molecule has 0 spiro atoms. The highest BCUT2D eigenvalue weighted by Gasteiger charge is 2.31. The van der Waals surface area contributed by atoms with Crippen LogP contribution >= 0.6 is 0 Å². The minimum absolute atomic E-state index is 0.0432. The number of nitrogens with one attached hydrogen (secondary N) is 1. The Hall–Kier alpha value is -2.57. The number of likely N-dealkylation sites (tertiary alicyclic amines) is 1. The molecule has 1 aliphatic rings. The summed E-state index contributed by atoms with van der Waals surface area (Å²) in [6, 6.07) is 4.98. The standard InChI is InChI=1S/C17H18F2N4O/c1-10-7-8-23(10)17(24)11(2)22-16-14(19)15(20-9-21-16)12-3-5-13(18)6-4-12/h3-6,9-11H,7-8H2,1-2H3,(H,20,21,22)/t10-,11+/m0/s1. The van der Waals surface area contributed by atoms with Gasteiger partial charge in [-0.25, -0.2) is 18.7 Å². The van der Waals surface area contributed by atoms with E-state index in [9.17, 15) is 13.6 Å². The van der Waals surface area contributed by atoms with E-state index in [1.165, 1.54) is 30.6 Å². The lowest BCUT2D eigenvalue weighted by Crippen LogP contribution is -2.54. The first kappa shape index (κ1) is 16.3. The van der Waals surface area contributed by atoms with Gasteiger partial charge in [-0.1, -0.05) is 0 Å². The highest BCUT2D eigenvalue weighted by atomic mass is 19.1.